The lowest BCUT2D eigenvalue weighted by atomic mass is 9.88. The standard InChI is InChI=1S/C69H53N7/c1-42-44(3)75-63-36-48(39-70-66(63)56-23-13-15-25-59(56)68(75)73-42)29-27-46-33-47(28-30-49-37-64-67(71-40-49)57-24-14-16-26-60(57)69-74-43(2)45(4)76(64)69)35-53(34-46)54-21-11-12-22-55(54)62-41-72-65(51-19-9-6-10-20-51)58-32-31-52(38-61(58)62)50-17-7-5-8-18-50/h5-26,31-41H,27-30H2,1-4H3/i27D2,28D2,29D2,30D2. The molecular formula is C69H53N7. The maximum absolute atomic E-state index is 10.1. The van der Waals surface area contributed by atoms with Crippen LogP contribution >= 0.6 is 0 Å². The van der Waals surface area contributed by atoms with E-state index in [1.54, 1.807) is 24.3 Å². The Balaban J connectivity index is 0.986. The van der Waals surface area contributed by atoms with Crippen LogP contribution in [0.1, 0.15) is 56.0 Å². The fourth-order valence-corrected chi connectivity index (χ4v) is 11.0. The molecule has 364 valence electrons. The van der Waals surface area contributed by atoms with Gasteiger partial charge in [0, 0.05) is 79.0 Å². The van der Waals surface area contributed by atoms with Gasteiger partial charge in [-0.3, -0.25) is 23.8 Å². The zero-order valence-corrected chi connectivity index (χ0v) is 42.2. The molecular weight excluding hydrogens is 927 g/mol. The molecule has 14 aromatic rings. The number of fused-ring (bicyclic) bond motifs is 13. The number of imidazole rings is 2. The largest absolute Gasteiger partial charge is 0.295 e. The highest BCUT2D eigenvalue weighted by Gasteiger charge is 2.20. The van der Waals surface area contributed by atoms with Crippen molar-refractivity contribution in [2.45, 2.75) is 53.2 Å². The lowest BCUT2D eigenvalue weighted by molar-refractivity contribution is 0.925. The van der Waals surface area contributed by atoms with E-state index in [0.717, 1.165) is 83.0 Å². The molecule has 0 aliphatic rings. The third kappa shape index (κ3) is 7.60. The molecule has 7 heteroatoms. The van der Waals surface area contributed by atoms with Crippen molar-refractivity contribution in [3.63, 3.8) is 0 Å². The van der Waals surface area contributed by atoms with Gasteiger partial charge >= 0.3 is 0 Å². The van der Waals surface area contributed by atoms with Crippen molar-refractivity contribution in [1.82, 2.24) is 33.7 Å². The predicted octanol–water partition coefficient (Wildman–Crippen LogP) is 16.4. The average Bonchev–Trinajstić information content (AvgIpc) is 2.77. The number of aromatic nitrogens is 7. The number of aryl methyl sites for hydroxylation is 8. The summed E-state index contributed by atoms with van der Waals surface area (Å²) < 4.78 is 84.3. The number of hydrogen-bond donors (Lipinski definition) is 0. The summed E-state index contributed by atoms with van der Waals surface area (Å²) in [5, 5.41) is 5.16. The van der Waals surface area contributed by atoms with E-state index >= 15 is 0 Å². The molecule has 0 N–H and O–H groups in total. The van der Waals surface area contributed by atoms with Gasteiger partial charge in [-0.15, -0.1) is 0 Å². The molecule has 7 aromatic carbocycles. The Hall–Kier alpha value is -9.33. The first-order valence-electron chi connectivity index (χ1n) is 29.5. The molecule has 0 saturated carbocycles. The van der Waals surface area contributed by atoms with Crippen LogP contribution in [0.25, 0.3) is 110 Å². The third-order valence-electron chi connectivity index (χ3n) is 15.0. The van der Waals surface area contributed by atoms with Crippen LogP contribution in [0.15, 0.2) is 201 Å². The van der Waals surface area contributed by atoms with Crippen LogP contribution in [0, 0.1) is 27.7 Å². The molecule has 7 heterocycles. The molecule has 0 amide bonds. The smallest absolute Gasteiger partial charge is 0.145 e. The SMILES string of the molecule is [2H]C([2H])(c1cc(-c2ccccc2-c2cnc(-c3ccccc3)c3ccc(-c4ccccc4)cc23)cc(C([2H])([2H])C([2H])([2H])c2cnc3c4ccccc4c4nc(C)c(C)n4c3c2)c1)C([2H])([2H])c1cnc2c3ccccc3c3nc(C)c(C)n3c2c1. The van der Waals surface area contributed by atoms with E-state index in [4.69, 9.17) is 24.9 Å². The maximum atomic E-state index is 10.1. The molecule has 7 nitrogen and oxygen atoms in total. The fourth-order valence-electron chi connectivity index (χ4n) is 11.0. The lowest BCUT2D eigenvalue weighted by Crippen LogP contribution is -2.01. The third-order valence-corrected chi connectivity index (χ3v) is 15.0. The van der Waals surface area contributed by atoms with Crippen LogP contribution in [-0.4, -0.2) is 33.7 Å². The summed E-state index contributed by atoms with van der Waals surface area (Å²) in [6.45, 7) is 7.72. The summed E-state index contributed by atoms with van der Waals surface area (Å²) in [5.74, 6) is 0. The number of benzene rings is 7. The van der Waals surface area contributed by atoms with Crippen LogP contribution in [-0.2, 0) is 25.5 Å². The first-order valence-corrected chi connectivity index (χ1v) is 25.5. The number of pyridine rings is 5. The zero-order chi connectivity index (χ0) is 58.2. The van der Waals surface area contributed by atoms with Crippen molar-refractivity contribution in [2.75, 3.05) is 0 Å². The molecule has 0 spiro atoms. The van der Waals surface area contributed by atoms with E-state index in [-0.39, 0.29) is 22.3 Å². The second kappa shape index (κ2) is 18.3. The second-order valence-corrected chi connectivity index (χ2v) is 19.5. The normalized spacial score (nSPS) is 14.2. The summed E-state index contributed by atoms with van der Waals surface area (Å²) in [6.07, 6.45) is -6.87. The maximum Gasteiger partial charge on any atom is 0.145 e. The van der Waals surface area contributed by atoms with Gasteiger partial charge in [0.25, 0.3) is 0 Å². The molecule has 0 radical (unpaired) electrons. The summed E-state index contributed by atoms with van der Waals surface area (Å²) in [4.78, 5) is 24.7. The minimum Gasteiger partial charge on any atom is -0.295 e. The topological polar surface area (TPSA) is 73.3 Å². The summed E-state index contributed by atoms with van der Waals surface area (Å²) >= 11 is 0. The first-order chi connectivity index (χ1) is 40.3. The number of hydrogen-bond acceptors (Lipinski definition) is 5. The molecule has 0 unspecified atom stereocenters. The Morgan fingerprint density at radius 3 is 1.41 bits per heavy atom. The van der Waals surface area contributed by atoms with Crippen LogP contribution in [0.5, 0.6) is 0 Å². The Morgan fingerprint density at radius 2 is 0.842 bits per heavy atom. The van der Waals surface area contributed by atoms with E-state index in [1.165, 1.54) is 18.5 Å². The van der Waals surface area contributed by atoms with Crippen LogP contribution in [0.3, 0.4) is 0 Å². The quantitative estimate of drug-likeness (QED) is 0.128. The van der Waals surface area contributed by atoms with E-state index in [2.05, 4.69) is 30.3 Å². The lowest BCUT2D eigenvalue weighted by Gasteiger charge is -2.17. The predicted molar refractivity (Wildman–Crippen MR) is 313 cm³/mol. The van der Waals surface area contributed by atoms with Crippen molar-refractivity contribution in [2.24, 2.45) is 0 Å². The van der Waals surface area contributed by atoms with Gasteiger partial charge in [0.1, 0.15) is 11.3 Å². The van der Waals surface area contributed by atoms with Gasteiger partial charge in [-0.1, -0.05) is 164 Å². The van der Waals surface area contributed by atoms with Crippen molar-refractivity contribution in [3.05, 3.63) is 246 Å². The van der Waals surface area contributed by atoms with E-state index in [9.17, 15) is 11.0 Å². The summed E-state index contributed by atoms with van der Waals surface area (Å²) in [6, 6.07) is 57.3. The highest BCUT2D eigenvalue weighted by Crippen LogP contribution is 2.41. The molecule has 0 saturated heterocycles. The Kier molecular flexibility index (Phi) is 8.98. The van der Waals surface area contributed by atoms with E-state index < -0.39 is 25.5 Å². The van der Waals surface area contributed by atoms with Crippen LogP contribution in [0.2, 0.25) is 0 Å². The molecule has 7 aromatic heterocycles. The molecule has 0 atom stereocenters. The van der Waals surface area contributed by atoms with Crippen molar-refractivity contribution in [3.8, 4) is 44.6 Å². The number of nitrogens with zero attached hydrogens (tertiary/aromatic N) is 7. The Morgan fingerprint density at radius 1 is 0.355 bits per heavy atom. The van der Waals surface area contributed by atoms with Gasteiger partial charge in [0.15, 0.2) is 0 Å². The van der Waals surface area contributed by atoms with Gasteiger partial charge in [0.2, 0.25) is 0 Å². The zero-order valence-electron chi connectivity index (χ0n) is 50.2. The van der Waals surface area contributed by atoms with Crippen LogP contribution < -0.4 is 0 Å². The molecule has 76 heavy (non-hydrogen) atoms. The average molecular weight is 988 g/mol. The first kappa shape index (κ1) is 37.4. The van der Waals surface area contributed by atoms with Crippen molar-refractivity contribution in [1.29, 1.82) is 0 Å². The van der Waals surface area contributed by atoms with Crippen molar-refractivity contribution < 1.29 is 11.0 Å². The monoisotopic (exact) mass is 987 g/mol. The van der Waals surface area contributed by atoms with Gasteiger partial charge in [0.05, 0.1) is 39.1 Å². The van der Waals surface area contributed by atoms with Gasteiger partial charge in [-0.2, -0.15) is 0 Å². The highest BCUT2D eigenvalue weighted by atomic mass is 15.0. The highest BCUT2D eigenvalue weighted by molar-refractivity contribution is 6.11. The fraction of sp³-hybridized carbons (Fsp3) is 0.116. The molecule has 14 rings (SSSR count). The van der Waals surface area contributed by atoms with Crippen molar-refractivity contribution >= 4 is 65.7 Å². The molecule has 0 fully saturated rings. The minimum absolute atomic E-state index is 0.0515. The Labute approximate surface area is 452 Å². The molecule has 0 bridgehead atoms. The van der Waals surface area contributed by atoms with Gasteiger partial charge < -0.3 is 0 Å². The summed E-state index contributed by atoms with van der Waals surface area (Å²) in [5.41, 5.74) is 12.4. The van der Waals surface area contributed by atoms with E-state index in [0.29, 0.717) is 50.1 Å². The summed E-state index contributed by atoms with van der Waals surface area (Å²) in [7, 11) is 0. The molecule has 0 aliphatic carbocycles. The number of rotatable bonds is 10. The van der Waals surface area contributed by atoms with E-state index in [1.807, 2.05) is 164 Å². The van der Waals surface area contributed by atoms with Crippen LogP contribution in [0.4, 0.5) is 0 Å². The van der Waals surface area contributed by atoms with Gasteiger partial charge in [-0.25, -0.2) is 9.97 Å². The molecule has 0 aliphatic heterocycles. The minimum atomic E-state index is -2.91. The van der Waals surface area contributed by atoms with Gasteiger partial charge in [-0.05, 0) is 127 Å². The Bertz CT molecular complexity index is 4830. The second-order valence-electron chi connectivity index (χ2n) is 19.5.